The number of ether oxygens (including phenoxy) is 4. The lowest BCUT2D eigenvalue weighted by Gasteiger charge is -2.37. The highest BCUT2D eigenvalue weighted by molar-refractivity contribution is 5.93. The quantitative estimate of drug-likeness (QED) is 0.191. The summed E-state index contributed by atoms with van der Waals surface area (Å²) in [4.78, 5) is 12.8. The van der Waals surface area contributed by atoms with E-state index in [0.29, 0.717) is 23.5 Å². The number of esters is 1. The van der Waals surface area contributed by atoms with E-state index in [4.69, 9.17) is 24.2 Å². The predicted octanol–water partition coefficient (Wildman–Crippen LogP) is 6.12. The van der Waals surface area contributed by atoms with Gasteiger partial charge in [-0.2, -0.15) is 5.26 Å². The molecule has 6 nitrogen and oxygen atoms in total. The molecule has 5 rings (SSSR count). The molecular weight excluding hydrogens is 466 g/mol. The van der Waals surface area contributed by atoms with Gasteiger partial charge in [0.15, 0.2) is 0 Å². The first kappa shape index (κ1) is 25.0. The summed E-state index contributed by atoms with van der Waals surface area (Å²) in [6.07, 6.45) is 1.90. The van der Waals surface area contributed by atoms with Gasteiger partial charge < -0.3 is 18.9 Å². The average molecular weight is 498 g/mol. The number of carbonyl (C=O) groups excluding carboxylic acids is 1. The lowest BCUT2D eigenvalue weighted by Crippen LogP contribution is -2.43. The summed E-state index contributed by atoms with van der Waals surface area (Å²) in [5.41, 5.74) is 5.82. The Balaban J connectivity index is 1.15. The second kappa shape index (κ2) is 10.8. The van der Waals surface area contributed by atoms with E-state index in [1.165, 1.54) is 11.1 Å². The van der Waals surface area contributed by atoms with Gasteiger partial charge in [0.05, 0.1) is 43.6 Å². The zero-order chi connectivity index (χ0) is 25.8. The number of fused-ring (bicyclic) bond motifs is 3. The van der Waals surface area contributed by atoms with Crippen molar-refractivity contribution in [1.29, 1.82) is 5.26 Å². The Labute approximate surface area is 217 Å². The van der Waals surface area contributed by atoms with Crippen LogP contribution in [0.2, 0.25) is 0 Å². The number of benzene rings is 3. The Hall–Kier alpha value is -3.66. The SMILES string of the molecule is CC1c2cc(OCCCCOCC3(C)COC3)ccc2-c2ccc(C(=O)Oc3ccc(C#N)cc3)cc21. The van der Waals surface area contributed by atoms with Crippen LogP contribution in [0.3, 0.4) is 0 Å². The minimum absolute atomic E-state index is 0.140. The molecule has 1 aliphatic heterocycles. The minimum atomic E-state index is -0.418. The molecule has 3 aromatic carbocycles. The first-order valence-corrected chi connectivity index (χ1v) is 12.7. The second-order valence-electron chi connectivity index (χ2n) is 10.2. The first-order valence-electron chi connectivity index (χ1n) is 12.7. The van der Waals surface area contributed by atoms with Crippen LogP contribution in [0.4, 0.5) is 0 Å². The molecule has 1 unspecified atom stereocenters. The Morgan fingerprint density at radius 1 is 0.973 bits per heavy atom. The van der Waals surface area contributed by atoms with E-state index in [1.807, 2.05) is 18.2 Å². The third-order valence-electron chi connectivity index (χ3n) is 7.03. The van der Waals surface area contributed by atoms with Crippen molar-refractivity contribution in [3.8, 4) is 28.7 Å². The molecule has 1 saturated heterocycles. The number of carbonyl (C=O) groups is 1. The Kier molecular flexibility index (Phi) is 7.27. The topological polar surface area (TPSA) is 77.8 Å². The Bertz CT molecular complexity index is 1320. The summed E-state index contributed by atoms with van der Waals surface area (Å²) in [5, 5.41) is 8.93. The maximum Gasteiger partial charge on any atom is 0.343 e. The molecule has 1 heterocycles. The Morgan fingerprint density at radius 3 is 2.35 bits per heavy atom. The molecule has 1 fully saturated rings. The summed E-state index contributed by atoms with van der Waals surface area (Å²) in [6.45, 7) is 8.07. The van der Waals surface area contributed by atoms with Crippen LogP contribution >= 0.6 is 0 Å². The van der Waals surface area contributed by atoms with Crippen LogP contribution < -0.4 is 9.47 Å². The van der Waals surface area contributed by atoms with Gasteiger partial charge in [0.2, 0.25) is 0 Å². The van der Waals surface area contributed by atoms with E-state index in [2.05, 4.69) is 32.0 Å². The molecule has 1 aliphatic carbocycles. The van der Waals surface area contributed by atoms with Gasteiger partial charge in [0, 0.05) is 17.9 Å². The average Bonchev–Trinajstić information content (AvgIpc) is 3.18. The van der Waals surface area contributed by atoms with Crippen molar-refractivity contribution in [3.05, 3.63) is 82.9 Å². The highest BCUT2D eigenvalue weighted by Gasteiger charge is 2.33. The zero-order valence-electron chi connectivity index (χ0n) is 21.3. The summed E-state index contributed by atoms with van der Waals surface area (Å²) in [7, 11) is 0. The van der Waals surface area contributed by atoms with E-state index in [1.54, 1.807) is 30.3 Å². The van der Waals surface area contributed by atoms with Crippen LogP contribution in [0.1, 0.15) is 59.7 Å². The van der Waals surface area contributed by atoms with E-state index < -0.39 is 5.97 Å². The minimum Gasteiger partial charge on any atom is -0.494 e. The number of nitrogens with zero attached hydrogens (tertiary/aromatic N) is 1. The van der Waals surface area contributed by atoms with Gasteiger partial charge in [0.25, 0.3) is 0 Å². The molecule has 0 bridgehead atoms. The molecular formula is C31H31NO5. The van der Waals surface area contributed by atoms with Gasteiger partial charge >= 0.3 is 5.97 Å². The van der Waals surface area contributed by atoms with E-state index in [-0.39, 0.29) is 11.3 Å². The lowest BCUT2D eigenvalue weighted by molar-refractivity contribution is -0.138. The van der Waals surface area contributed by atoms with E-state index in [9.17, 15) is 4.79 Å². The number of unbranched alkanes of at least 4 members (excludes halogenated alkanes) is 1. The molecule has 0 amide bonds. The van der Waals surface area contributed by atoms with Crippen molar-refractivity contribution in [2.75, 3.05) is 33.0 Å². The first-order chi connectivity index (χ1) is 18.0. The molecule has 0 aromatic heterocycles. The molecule has 190 valence electrons. The second-order valence-corrected chi connectivity index (χ2v) is 10.2. The highest BCUT2D eigenvalue weighted by Crippen LogP contribution is 2.46. The highest BCUT2D eigenvalue weighted by atomic mass is 16.5. The summed E-state index contributed by atoms with van der Waals surface area (Å²) >= 11 is 0. The van der Waals surface area contributed by atoms with Crippen molar-refractivity contribution in [3.63, 3.8) is 0 Å². The summed E-state index contributed by atoms with van der Waals surface area (Å²) in [5.74, 6) is 0.996. The molecule has 0 saturated carbocycles. The van der Waals surface area contributed by atoms with Gasteiger partial charge in [-0.3, -0.25) is 0 Å². The van der Waals surface area contributed by atoms with Crippen molar-refractivity contribution >= 4 is 5.97 Å². The van der Waals surface area contributed by atoms with E-state index in [0.717, 1.165) is 56.1 Å². The maximum atomic E-state index is 12.8. The number of nitriles is 1. The smallest absolute Gasteiger partial charge is 0.343 e. The number of hydrogen-bond donors (Lipinski definition) is 0. The summed E-state index contributed by atoms with van der Waals surface area (Å²) < 4.78 is 22.6. The van der Waals surface area contributed by atoms with Gasteiger partial charge in [-0.15, -0.1) is 0 Å². The van der Waals surface area contributed by atoms with Crippen LogP contribution in [-0.2, 0) is 9.47 Å². The maximum absolute atomic E-state index is 12.8. The lowest BCUT2D eigenvalue weighted by atomic mass is 9.90. The molecule has 0 radical (unpaired) electrons. The number of rotatable bonds is 10. The fourth-order valence-corrected chi connectivity index (χ4v) is 4.81. The molecule has 6 heteroatoms. The third-order valence-corrected chi connectivity index (χ3v) is 7.03. The molecule has 1 atom stereocenters. The predicted molar refractivity (Wildman–Crippen MR) is 140 cm³/mol. The van der Waals surface area contributed by atoms with Crippen LogP contribution in [0.5, 0.6) is 11.5 Å². The normalized spacial score (nSPS) is 16.7. The molecule has 0 N–H and O–H groups in total. The largest absolute Gasteiger partial charge is 0.494 e. The van der Waals surface area contributed by atoms with Gasteiger partial charge in [-0.1, -0.05) is 26.0 Å². The monoisotopic (exact) mass is 497 g/mol. The summed E-state index contributed by atoms with van der Waals surface area (Å²) in [6, 6.07) is 20.5. The molecule has 0 spiro atoms. The number of hydrogen-bond acceptors (Lipinski definition) is 6. The van der Waals surface area contributed by atoms with Gasteiger partial charge in [-0.05, 0) is 83.6 Å². The van der Waals surface area contributed by atoms with Crippen LogP contribution in [0, 0.1) is 16.7 Å². The van der Waals surface area contributed by atoms with Crippen molar-refractivity contribution in [1.82, 2.24) is 0 Å². The van der Waals surface area contributed by atoms with Crippen LogP contribution in [0.25, 0.3) is 11.1 Å². The fraction of sp³-hybridized carbons (Fsp3) is 0.355. The Morgan fingerprint density at radius 2 is 1.65 bits per heavy atom. The fourth-order valence-electron chi connectivity index (χ4n) is 4.81. The standard InChI is InChI=1S/C31H31NO5/c1-21-28-15-23(30(33)37-24-8-5-22(17-32)6-9-24)7-11-26(28)27-12-10-25(16-29(21)27)36-14-4-3-13-34-18-31(2)19-35-20-31/h5-12,15-16,21H,3-4,13-14,18-20H2,1-2H3. The molecule has 37 heavy (non-hydrogen) atoms. The van der Waals surface area contributed by atoms with Crippen LogP contribution in [0.15, 0.2) is 60.7 Å². The zero-order valence-corrected chi connectivity index (χ0v) is 21.3. The van der Waals surface area contributed by atoms with Crippen LogP contribution in [-0.4, -0.2) is 39.0 Å². The molecule has 3 aromatic rings. The van der Waals surface area contributed by atoms with Crippen molar-refractivity contribution in [2.24, 2.45) is 5.41 Å². The van der Waals surface area contributed by atoms with Crippen molar-refractivity contribution in [2.45, 2.75) is 32.6 Å². The third kappa shape index (κ3) is 5.53. The van der Waals surface area contributed by atoms with E-state index >= 15 is 0 Å². The van der Waals surface area contributed by atoms with Gasteiger partial charge in [0.1, 0.15) is 11.5 Å². The van der Waals surface area contributed by atoms with Crippen molar-refractivity contribution < 1.29 is 23.7 Å². The molecule has 2 aliphatic rings. The van der Waals surface area contributed by atoms with Gasteiger partial charge in [-0.25, -0.2) is 4.79 Å².